The Hall–Kier alpha value is -2.48. The highest BCUT2D eigenvalue weighted by Gasteiger charge is 2.17. The van der Waals surface area contributed by atoms with Crippen LogP contribution in [0.4, 0.5) is 0 Å². The number of aromatic nitrogens is 3. The summed E-state index contributed by atoms with van der Waals surface area (Å²) in [4.78, 5) is 40.9. The van der Waals surface area contributed by atoms with Gasteiger partial charge in [0.1, 0.15) is 5.65 Å². The van der Waals surface area contributed by atoms with Crippen molar-refractivity contribution >= 4 is 16.9 Å². The summed E-state index contributed by atoms with van der Waals surface area (Å²) >= 11 is 0. The van der Waals surface area contributed by atoms with E-state index in [0.29, 0.717) is 37.0 Å². The number of hydrogen-bond acceptors (Lipinski definition) is 5. The van der Waals surface area contributed by atoms with Crippen molar-refractivity contribution in [1.82, 2.24) is 19.4 Å². The maximum atomic E-state index is 12.5. The van der Waals surface area contributed by atoms with Crippen molar-refractivity contribution in [1.29, 1.82) is 0 Å². The van der Waals surface area contributed by atoms with Crippen LogP contribution in [0, 0.1) is 13.8 Å². The summed E-state index contributed by atoms with van der Waals surface area (Å²) in [5.41, 5.74) is 1.95. The fraction of sp³-hybridized carbons (Fsp3) is 0.529. The van der Waals surface area contributed by atoms with E-state index < -0.39 is 5.69 Å². The highest BCUT2D eigenvalue weighted by atomic mass is 16.5. The number of rotatable bonds is 6. The van der Waals surface area contributed by atoms with Gasteiger partial charge in [0.25, 0.3) is 5.56 Å². The second kappa shape index (κ2) is 7.60. The Labute approximate surface area is 145 Å². The number of nitrogens with one attached hydrogen (secondary N) is 1. The Balaban J connectivity index is 2.41. The van der Waals surface area contributed by atoms with Crippen LogP contribution < -0.4 is 16.6 Å². The van der Waals surface area contributed by atoms with E-state index in [1.54, 1.807) is 14.2 Å². The van der Waals surface area contributed by atoms with E-state index in [4.69, 9.17) is 4.74 Å². The maximum Gasteiger partial charge on any atom is 0.332 e. The van der Waals surface area contributed by atoms with Crippen LogP contribution in [0.5, 0.6) is 0 Å². The molecule has 2 aromatic heterocycles. The number of amides is 1. The highest BCUT2D eigenvalue weighted by Crippen LogP contribution is 2.20. The van der Waals surface area contributed by atoms with E-state index in [-0.39, 0.29) is 11.5 Å². The minimum absolute atomic E-state index is 0.0793. The van der Waals surface area contributed by atoms with E-state index in [1.165, 1.54) is 11.6 Å². The molecular formula is C17H24N4O4. The fourth-order valence-electron chi connectivity index (χ4n) is 2.93. The predicted octanol–water partition coefficient (Wildman–Crippen LogP) is -0.0558. The third kappa shape index (κ3) is 3.63. The first kappa shape index (κ1) is 18.9. The molecule has 2 heterocycles. The molecule has 0 aliphatic heterocycles. The molecule has 0 radical (unpaired) electrons. The molecular weight excluding hydrogens is 324 g/mol. The van der Waals surface area contributed by atoms with E-state index in [9.17, 15) is 14.4 Å². The van der Waals surface area contributed by atoms with Crippen LogP contribution in [-0.4, -0.2) is 40.3 Å². The van der Waals surface area contributed by atoms with Gasteiger partial charge in [0.05, 0.1) is 12.0 Å². The van der Waals surface area contributed by atoms with Gasteiger partial charge in [-0.1, -0.05) is 0 Å². The number of nitrogens with zero attached hydrogens (tertiary/aromatic N) is 3. The van der Waals surface area contributed by atoms with Gasteiger partial charge in [-0.25, -0.2) is 9.78 Å². The lowest BCUT2D eigenvalue weighted by molar-refractivity contribution is -0.121. The maximum absolute atomic E-state index is 12.5. The van der Waals surface area contributed by atoms with Gasteiger partial charge < -0.3 is 10.1 Å². The van der Waals surface area contributed by atoms with Crippen LogP contribution in [0.25, 0.3) is 11.0 Å². The summed E-state index contributed by atoms with van der Waals surface area (Å²) in [6, 6.07) is 0. The fourth-order valence-corrected chi connectivity index (χ4v) is 2.93. The van der Waals surface area contributed by atoms with Crippen molar-refractivity contribution in [2.45, 2.75) is 26.7 Å². The number of methoxy groups -OCH3 is 1. The quantitative estimate of drug-likeness (QED) is 0.738. The number of carbonyl (C=O) groups excluding carboxylic acids is 1. The van der Waals surface area contributed by atoms with Crippen molar-refractivity contribution in [3.05, 3.63) is 37.7 Å². The second-order valence-corrected chi connectivity index (χ2v) is 6.05. The third-order valence-corrected chi connectivity index (χ3v) is 4.40. The second-order valence-electron chi connectivity index (χ2n) is 6.05. The zero-order valence-electron chi connectivity index (χ0n) is 15.3. The molecule has 0 fully saturated rings. The first-order valence-corrected chi connectivity index (χ1v) is 8.11. The van der Waals surface area contributed by atoms with Gasteiger partial charge in [-0.2, -0.15) is 0 Å². The van der Waals surface area contributed by atoms with E-state index in [2.05, 4.69) is 10.3 Å². The van der Waals surface area contributed by atoms with Crippen molar-refractivity contribution in [3.8, 4) is 0 Å². The summed E-state index contributed by atoms with van der Waals surface area (Å²) in [7, 11) is 4.62. The molecule has 8 heteroatoms. The molecule has 2 rings (SSSR count). The zero-order chi connectivity index (χ0) is 18.7. The molecule has 0 spiro atoms. The Morgan fingerprint density at radius 3 is 2.52 bits per heavy atom. The van der Waals surface area contributed by atoms with Gasteiger partial charge in [-0.05, 0) is 31.4 Å². The number of hydrogen-bond donors (Lipinski definition) is 1. The molecule has 2 aromatic rings. The minimum atomic E-state index is -0.408. The average Bonchev–Trinajstić information content (AvgIpc) is 2.57. The molecule has 136 valence electrons. The Morgan fingerprint density at radius 1 is 1.20 bits per heavy atom. The molecule has 25 heavy (non-hydrogen) atoms. The lowest BCUT2D eigenvalue weighted by atomic mass is 10.00. The van der Waals surface area contributed by atoms with Gasteiger partial charge in [-0.15, -0.1) is 0 Å². The molecule has 1 amide bonds. The van der Waals surface area contributed by atoms with Crippen molar-refractivity contribution in [2.75, 3.05) is 20.3 Å². The standard InChI is InChI=1S/C17H24N4O4/c1-10-12(6-7-13(22)18-8-9-25-5)11(2)19-15-14(10)16(23)21(4)17(24)20(15)3/h6-9H2,1-5H3,(H,18,22). The van der Waals surface area contributed by atoms with E-state index >= 15 is 0 Å². The lowest BCUT2D eigenvalue weighted by Crippen LogP contribution is -2.38. The molecule has 8 nitrogen and oxygen atoms in total. The van der Waals surface area contributed by atoms with Crippen LogP contribution in [0.15, 0.2) is 9.59 Å². The van der Waals surface area contributed by atoms with E-state index in [0.717, 1.165) is 21.4 Å². The Morgan fingerprint density at radius 2 is 1.88 bits per heavy atom. The molecule has 0 bridgehead atoms. The molecule has 0 saturated heterocycles. The van der Waals surface area contributed by atoms with Crippen LogP contribution in [0.2, 0.25) is 0 Å². The van der Waals surface area contributed by atoms with Crippen LogP contribution in [-0.2, 0) is 30.0 Å². The Bertz CT molecular complexity index is 927. The summed E-state index contributed by atoms with van der Waals surface area (Å²) < 4.78 is 7.35. The largest absolute Gasteiger partial charge is 0.383 e. The van der Waals surface area contributed by atoms with Crippen molar-refractivity contribution in [3.63, 3.8) is 0 Å². The van der Waals surface area contributed by atoms with Gasteiger partial charge in [-0.3, -0.25) is 18.7 Å². The molecule has 0 aromatic carbocycles. The topological polar surface area (TPSA) is 95.2 Å². The number of pyridine rings is 1. The molecule has 0 aliphatic rings. The van der Waals surface area contributed by atoms with Gasteiger partial charge in [0.2, 0.25) is 5.91 Å². The minimum Gasteiger partial charge on any atom is -0.383 e. The molecule has 1 N–H and O–H groups in total. The molecule has 0 saturated carbocycles. The molecule has 0 atom stereocenters. The van der Waals surface area contributed by atoms with Crippen LogP contribution >= 0.6 is 0 Å². The summed E-state index contributed by atoms with van der Waals surface area (Å²) in [6.45, 7) is 4.59. The first-order valence-electron chi connectivity index (χ1n) is 8.11. The van der Waals surface area contributed by atoms with Crippen molar-refractivity contribution < 1.29 is 9.53 Å². The van der Waals surface area contributed by atoms with Gasteiger partial charge in [0, 0.05) is 39.9 Å². The summed E-state index contributed by atoms with van der Waals surface area (Å²) in [6.07, 6.45) is 0.774. The monoisotopic (exact) mass is 348 g/mol. The Kier molecular flexibility index (Phi) is 5.73. The van der Waals surface area contributed by atoms with Crippen LogP contribution in [0.1, 0.15) is 23.2 Å². The van der Waals surface area contributed by atoms with Gasteiger partial charge in [0.15, 0.2) is 0 Å². The highest BCUT2D eigenvalue weighted by molar-refractivity contribution is 5.80. The summed E-state index contributed by atoms with van der Waals surface area (Å²) in [5, 5.41) is 3.19. The zero-order valence-corrected chi connectivity index (χ0v) is 15.3. The van der Waals surface area contributed by atoms with Crippen LogP contribution in [0.3, 0.4) is 0 Å². The number of aryl methyl sites for hydroxylation is 3. The normalized spacial score (nSPS) is 11.1. The summed E-state index contributed by atoms with van der Waals surface area (Å²) in [5.74, 6) is -0.0793. The number of carbonyl (C=O) groups is 1. The molecule has 0 unspecified atom stereocenters. The smallest absolute Gasteiger partial charge is 0.332 e. The van der Waals surface area contributed by atoms with E-state index in [1.807, 2.05) is 13.8 Å². The first-order chi connectivity index (χ1) is 11.8. The lowest BCUT2D eigenvalue weighted by Gasteiger charge is -2.14. The average molecular weight is 348 g/mol. The predicted molar refractivity (Wildman–Crippen MR) is 94.9 cm³/mol. The number of fused-ring (bicyclic) bond motifs is 1. The SMILES string of the molecule is COCCNC(=O)CCc1c(C)nc2c(c1C)c(=O)n(C)c(=O)n2C. The third-order valence-electron chi connectivity index (χ3n) is 4.40. The number of ether oxygens (including phenoxy) is 1. The van der Waals surface area contributed by atoms with Crippen molar-refractivity contribution in [2.24, 2.45) is 14.1 Å². The van der Waals surface area contributed by atoms with Gasteiger partial charge >= 0.3 is 5.69 Å². The molecule has 0 aliphatic carbocycles.